The molecule has 2 aromatic carbocycles. The number of esters is 1. The van der Waals surface area contributed by atoms with Crippen molar-refractivity contribution in [1.82, 2.24) is 15.6 Å². The number of benzene rings is 2. The van der Waals surface area contributed by atoms with Gasteiger partial charge in [-0.1, -0.05) is 24.3 Å². The van der Waals surface area contributed by atoms with Crippen molar-refractivity contribution in [3.05, 3.63) is 64.8 Å². The zero-order valence-corrected chi connectivity index (χ0v) is 19.1. The Hall–Kier alpha value is -4.40. The van der Waals surface area contributed by atoms with Gasteiger partial charge in [-0.05, 0) is 60.2 Å². The van der Waals surface area contributed by atoms with Gasteiger partial charge in [-0.3, -0.25) is 10.1 Å². The summed E-state index contributed by atoms with van der Waals surface area (Å²) in [4.78, 5) is 41.4. The second-order valence-electron chi connectivity index (χ2n) is 8.17. The number of nitrogens with zero attached hydrogens (tertiary/aromatic N) is 1. The topological polar surface area (TPSA) is 116 Å². The molecule has 178 valence electrons. The average molecular weight is 473 g/mol. The van der Waals surface area contributed by atoms with E-state index in [9.17, 15) is 14.4 Å². The fraction of sp³-hybridized carbons (Fsp3) is 0.231. The van der Waals surface area contributed by atoms with E-state index in [1.807, 2.05) is 48.5 Å². The molecular weight excluding hydrogens is 450 g/mol. The van der Waals surface area contributed by atoms with Crippen LogP contribution in [0.1, 0.15) is 40.0 Å². The molecule has 0 unspecified atom stereocenters. The van der Waals surface area contributed by atoms with Crippen LogP contribution in [0, 0.1) is 0 Å². The second-order valence-corrected chi connectivity index (χ2v) is 8.17. The van der Waals surface area contributed by atoms with Crippen LogP contribution in [-0.4, -0.2) is 43.3 Å². The molecule has 0 bridgehead atoms. The highest BCUT2D eigenvalue weighted by Crippen LogP contribution is 2.38. The van der Waals surface area contributed by atoms with E-state index in [2.05, 4.69) is 10.6 Å². The summed E-state index contributed by atoms with van der Waals surface area (Å²) in [7, 11) is 1.39. The van der Waals surface area contributed by atoms with Crippen molar-refractivity contribution in [3.63, 3.8) is 0 Å². The molecule has 2 aliphatic rings. The summed E-state index contributed by atoms with van der Waals surface area (Å²) in [5.74, 6) is 0.0662. The van der Waals surface area contributed by atoms with Crippen LogP contribution >= 0.6 is 0 Å². The van der Waals surface area contributed by atoms with Crippen LogP contribution in [0.2, 0.25) is 0 Å². The maximum Gasteiger partial charge on any atom is 0.339 e. The highest BCUT2D eigenvalue weighted by molar-refractivity contribution is 6.07. The molecule has 0 saturated heterocycles. The number of carbonyl (C=O) groups excluding carboxylic acids is 3. The van der Waals surface area contributed by atoms with Gasteiger partial charge < -0.3 is 19.5 Å². The molecule has 2 N–H and O–H groups in total. The van der Waals surface area contributed by atoms with E-state index in [0.29, 0.717) is 34.4 Å². The number of carbonyl (C=O) groups is 3. The number of amides is 3. The minimum atomic E-state index is -0.715. The molecule has 0 saturated carbocycles. The number of fused-ring (bicyclic) bond motifs is 3. The Bertz CT molecular complexity index is 1380. The standard InChI is InChI=1S/C26H23N3O6/c1-27-26(32)29-22(30)13-33-25(31)23-17-6-2-3-8-19(17)28-24-16(5-4-7-18(23)24)11-15-9-10-20-21(12-15)35-14-34-20/h2-3,6,8-12H,4-5,7,13-14H2,1H3,(H2,27,29,30,32). The molecule has 35 heavy (non-hydrogen) atoms. The first-order valence-corrected chi connectivity index (χ1v) is 11.2. The lowest BCUT2D eigenvalue weighted by Crippen LogP contribution is -2.39. The van der Waals surface area contributed by atoms with Crippen LogP contribution < -0.4 is 20.1 Å². The number of pyridine rings is 1. The summed E-state index contributed by atoms with van der Waals surface area (Å²) < 4.78 is 16.2. The number of hydrogen-bond donors (Lipinski definition) is 2. The number of aromatic nitrogens is 1. The number of rotatable bonds is 4. The summed E-state index contributed by atoms with van der Waals surface area (Å²) in [5, 5.41) is 5.02. The van der Waals surface area contributed by atoms with E-state index in [1.165, 1.54) is 7.05 Å². The van der Waals surface area contributed by atoms with Crippen molar-refractivity contribution in [2.24, 2.45) is 0 Å². The molecule has 9 heteroatoms. The molecule has 0 radical (unpaired) electrons. The molecule has 9 nitrogen and oxygen atoms in total. The van der Waals surface area contributed by atoms with E-state index in [0.717, 1.165) is 35.2 Å². The molecular formula is C26H23N3O6. The highest BCUT2D eigenvalue weighted by atomic mass is 16.7. The zero-order valence-electron chi connectivity index (χ0n) is 19.1. The van der Waals surface area contributed by atoms with Crippen molar-refractivity contribution in [3.8, 4) is 11.5 Å². The Morgan fingerprint density at radius 1 is 1.09 bits per heavy atom. The molecule has 3 aromatic rings. The predicted octanol–water partition coefficient (Wildman–Crippen LogP) is 3.45. The molecule has 5 rings (SSSR count). The average Bonchev–Trinajstić information content (AvgIpc) is 3.34. The Kier molecular flexibility index (Phi) is 6.05. The largest absolute Gasteiger partial charge is 0.454 e. The lowest BCUT2D eigenvalue weighted by Gasteiger charge is -2.22. The number of nitrogens with one attached hydrogen (secondary N) is 2. The number of allylic oxidation sites excluding steroid dienone is 1. The van der Waals surface area contributed by atoms with Gasteiger partial charge in [-0.25, -0.2) is 14.6 Å². The molecule has 0 atom stereocenters. The van der Waals surface area contributed by atoms with Gasteiger partial charge >= 0.3 is 12.0 Å². The summed E-state index contributed by atoms with van der Waals surface area (Å²) in [6, 6.07) is 12.4. The first-order chi connectivity index (χ1) is 17.0. The van der Waals surface area contributed by atoms with Crippen molar-refractivity contribution in [2.45, 2.75) is 19.3 Å². The van der Waals surface area contributed by atoms with Gasteiger partial charge in [0.2, 0.25) is 6.79 Å². The normalized spacial score (nSPS) is 14.9. The predicted molar refractivity (Wildman–Crippen MR) is 128 cm³/mol. The van der Waals surface area contributed by atoms with Crippen molar-refractivity contribution < 1.29 is 28.6 Å². The van der Waals surface area contributed by atoms with Crippen LogP contribution in [-0.2, 0) is 16.0 Å². The van der Waals surface area contributed by atoms with E-state index < -0.39 is 24.5 Å². The zero-order chi connectivity index (χ0) is 24.4. The summed E-state index contributed by atoms with van der Waals surface area (Å²) in [5.41, 5.74) is 4.54. The molecule has 1 aliphatic heterocycles. The van der Waals surface area contributed by atoms with E-state index in [4.69, 9.17) is 19.2 Å². The molecule has 3 amide bonds. The Balaban J connectivity index is 1.51. The summed E-state index contributed by atoms with van der Waals surface area (Å²) in [6.07, 6.45) is 4.34. The molecule has 1 aromatic heterocycles. The third kappa shape index (κ3) is 4.52. The van der Waals surface area contributed by atoms with Crippen molar-refractivity contribution in [1.29, 1.82) is 0 Å². The van der Waals surface area contributed by atoms with E-state index in [-0.39, 0.29) is 6.79 Å². The maximum absolute atomic E-state index is 13.2. The van der Waals surface area contributed by atoms with Gasteiger partial charge in [0.1, 0.15) is 0 Å². The van der Waals surface area contributed by atoms with E-state index >= 15 is 0 Å². The quantitative estimate of drug-likeness (QED) is 0.558. The number of ether oxygens (including phenoxy) is 3. The van der Waals surface area contributed by atoms with E-state index in [1.54, 1.807) is 0 Å². The number of urea groups is 1. The minimum Gasteiger partial charge on any atom is -0.454 e. The van der Waals surface area contributed by atoms with Gasteiger partial charge in [0.15, 0.2) is 18.1 Å². The molecule has 0 fully saturated rings. The molecule has 1 aliphatic carbocycles. The van der Waals surface area contributed by atoms with Crippen LogP contribution in [0.4, 0.5) is 4.79 Å². The number of para-hydroxylation sites is 1. The van der Waals surface area contributed by atoms with Crippen molar-refractivity contribution in [2.75, 3.05) is 20.4 Å². The lowest BCUT2D eigenvalue weighted by atomic mass is 9.86. The second kappa shape index (κ2) is 9.46. The third-order valence-corrected chi connectivity index (χ3v) is 5.93. The highest BCUT2D eigenvalue weighted by Gasteiger charge is 2.26. The van der Waals surface area contributed by atoms with Gasteiger partial charge in [0, 0.05) is 12.4 Å². The molecule has 2 heterocycles. The van der Waals surface area contributed by atoms with Gasteiger partial charge in [-0.15, -0.1) is 0 Å². The first kappa shape index (κ1) is 22.4. The summed E-state index contributed by atoms with van der Waals surface area (Å²) >= 11 is 0. The Morgan fingerprint density at radius 3 is 2.77 bits per heavy atom. The minimum absolute atomic E-state index is 0.207. The monoisotopic (exact) mass is 473 g/mol. The SMILES string of the molecule is CNC(=O)NC(=O)COC(=O)c1c2c(nc3ccccc13)C(=Cc1ccc3c(c1)OCO3)CCC2. The van der Waals surface area contributed by atoms with Gasteiger partial charge in [0.05, 0.1) is 16.8 Å². The Morgan fingerprint density at radius 2 is 1.91 bits per heavy atom. The maximum atomic E-state index is 13.2. The van der Waals surface area contributed by atoms with Gasteiger partial charge in [-0.2, -0.15) is 0 Å². The Labute approximate surface area is 201 Å². The van der Waals surface area contributed by atoms with Crippen LogP contribution in [0.5, 0.6) is 11.5 Å². The molecule has 0 spiro atoms. The van der Waals surface area contributed by atoms with Crippen molar-refractivity contribution >= 4 is 40.5 Å². The van der Waals surface area contributed by atoms with Crippen LogP contribution in [0.15, 0.2) is 42.5 Å². The number of imide groups is 1. The fourth-order valence-corrected chi connectivity index (χ4v) is 4.34. The smallest absolute Gasteiger partial charge is 0.339 e. The van der Waals surface area contributed by atoms with Crippen LogP contribution in [0.25, 0.3) is 22.6 Å². The number of hydrogen-bond acceptors (Lipinski definition) is 7. The first-order valence-electron chi connectivity index (χ1n) is 11.2. The third-order valence-electron chi connectivity index (χ3n) is 5.93. The fourth-order valence-electron chi connectivity index (χ4n) is 4.34. The van der Waals surface area contributed by atoms with Crippen LogP contribution in [0.3, 0.4) is 0 Å². The van der Waals surface area contributed by atoms with Gasteiger partial charge in [0.25, 0.3) is 5.91 Å². The summed E-state index contributed by atoms with van der Waals surface area (Å²) in [6.45, 7) is -0.365. The lowest BCUT2D eigenvalue weighted by molar-refractivity contribution is -0.123.